The zero-order valence-electron chi connectivity index (χ0n) is 10.1. The number of nitrogens with zero attached hydrogens (tertiary/aromatic N) is 1. The molecule has 0 spiro atoms. The number of rotatable bonds is 5. The zero-order valence-corrected chi connectivity index (χ0v) is 10.1. The summed E-state index contributed by atoms with van der Waals surface area (Å²) < 4.78 is 0. The fraction of sp³-hybridized carbons (Fsp3) is 0.462. The molecule has 1 fully saturated rings. The molecule has 1 saturated carbocycles. The third-order valence-corrected chi connectivity index (χ3v) is 3.27. The molecule has 0 bridgehead atoms. The number of hydrogen-bond acceptors (Lipinski definition) is 3. The highest BCUT2D eigenvalue weighted by atomic mass is 16.4. The summed E-state index contributed by atoms with van der Waals surface area (Å²) in [7, 11) is 0. The number of carbonyl (C=O) groups is 2. The maximum Gasteiger partial charge on any atom is 0.354 e. The van der Waals surface area contributed by atoms with Crippen LogP contribution in [0, 0.1) is 5.92 Å². The predicted octanol–water partition coefficient (Wildman–Crippen LogP) is 2.30. The lowest BCUT2D eigenvalue weighted by molar-refractivity contribution is -0.116. The van der Waals surface area contributed by atoms with Crippen molar-refractivity contribution in [3.05, 3.63) is 24.0 Å². The van der Waals surface area contributed by atoms with Crippen LogP contribution in [-0.4, -0.2) is 22.0 Å². The van der Waals surface area contributed by atoms with Gasteiger partial charge in [-0.1, -0.05) is 19.3 Å². The van der Waals surface area contributed by atoms with Crippen LogP contribution in [0.3, 0.4) is 0 Å². The summed E-state index contributed by atoms with van der Waals surface area (Å²) in [5, 5.41) is 11.4. The van der Waals surface area contributed by atoms with Gasteiger partial charge in [-0.2, -0.15) is 0 Å². The molecule has 2 rings (SSSR count). The minimum absolute atomic E-state index is 0.0255. The van der Waals surface area contributed by atoms with E-state index >= 15 is 0 Å². The van der Waals surface area contributed by atoms with E-state index < -0.39 is 5.97 Å². The summed E-state index contributed by atoms with van der Waals surface area (Å²) in [6.45, 7) is 0. The van der Waals surface area contributed by atoms with Crippen LogP contribution in [0.1, 0.15) is 42.6 Å². The predicted molar refractivity (Wildman–Crippen MR) is 66.4 cm³/mol. The van der Waals surface area contributed by atoms with Gasteiger partial charge in [0.15, 0.2) is 0 Å². The summed E-state index contributed by atoms with van der Waals surface area (Å²) in [6, 6.07) is 2.93. The standard InChI is InChI=1S/C13H16N2O3/c16-12(7-4-9-2-1-3-9)15-10-5-6-11(13(17)18)14-8-10/h5-6,8-9H,1-4,7H2,(H,15,16)(H,17,18). The van der Waals surface area contributed by atoms with E-state index in [9.17, 15) is 9.59 Å². The molecule has 1 aliphatic rings. The second kappa shape index (κ2) is 5.62. The van der Waals surface area contributed by atoms with Crippen molar-refractivity contribution in [2.45, 2.75) is 32.1 Å². The van der Waals surface area contributed by atoms with Crippen LogP contribution in [-0.2, 0) is 4.79 Å². The van der Waals surface area contributed by atoms with E-state index in [0.29, 0.717) is 18.0 Å². The van der Waals surface area contributed by atoms with Crippen molar-refractivity contribution in [3.8, 4) is 0 Å². The highest BCUT2D eigenvalue weighted by molar-refractivity contribution is 5.91. The molecule has 1 aliphatic carbocycles. The number of hydrogen-bond donors (Lipinski definition) is 2. The molecule has 96 valence electrons. The molecule has 0 radical (unpaired) electrons. The lowest BCUT2D eigenvalue weighted by atomic mass is 9.82. The van der Waals surface area contributed by atoms with E-state index in [1.54, 1.807) is 6.07 Å². The molecule has 1 aromatic rings. The van der Waals surface area contributed by atoms with E-state index in [1.165, 1.54) is 31.5 Å². The Hall–Kier alpha value is -1.91. The molecular weight excluding hydrogens is 232 g/mol. The molecule has 0 aliphatic heterocycles. The van der Waals surface area contributed by atoms with E-state index in [2.05, 4.69) is 10.3 Å². The number of anilines is 1. The molecule has 1 aromatic heterocycles. The van der Waals surface area contributed by atoms with Gasteiger partial charge in [-0.05, 0) is 24.5 Å². The Morgan fingerprint density at radius 1 is 1.39 bits per heavy atom. The lowest BCUT2D eigenvalue weighted by Crippen LogP contribution is -2.17. The van der Waals surface area contributed by atoms with Crippen LogP contribution in [0.5, 0.6) is 0 Å². The van der Waals surface area contributed by atoms with E-state index in [-0.39, 0.29) is 11.6 Å². The van der Waals surface area contributed by atoms with Gasteiger partial charge in [-0.3, -0.25) is 4.79 Å². The van der Waals surface area contributed by atoms with Crippen LogP contribution in [0.15, 0.2) is 18.3 Å². The molecule has 0 unspecified atom stereocenters. The first-order valence-corrected chi connectivity index (χ1v) is 6.14. The molecular formula is C13H16N2O3. The Balaban J connectivity index is 1.80. The summed E-state index contributed by atoms with van der Waals surface area (Å²) in [5.41, 5.74) is 0.515. The van der Waals surface area contributed by atoms with Gasteiger partial charge in [0.1, 0.15) is 5.69 Å². The highest BCUT2D eigenvalue weighted by Gasteiger charge is 2.18. The molecule has 1 heterocycles. The van der Waals surface area contributed by atoms with E-state index in [4.69, 9.17) is 5.11 Å². The minimum atomic E-state index is -1.07. The third-order valence-electron chi connectivity index (χ3n) is 3.27. The summed E-state index contributed by atoms with van der Waals surface area (Å²) in [6.07, 6.45) is 6.58. The van der Waals surface area contributed by atoms with Gasteiger partial charge in [-0.15, -0.1) is 0 Å². The van der Waals surface area contributed by atoms with E-state index in [0.717, 1.165) is 6.42 Å². The number of aromatic nitrogens is 1. The Morgan fingerprint density at radius 2 is 2.17 bits per heavy atom. The van der Waals surface area contributed by atoms with Crippen molar-refractivity contribution in [2.24, 2.45) is 5.92 Å². The van der Waals surface area contributed by atoms with Crippen LogP contribution in [0.2, 0.25) is 0 Å². The fourth-order valence-electron chi connectivity index (χ4n) is 1.93. The van der Waals surface area contributed by atoms with Gasteiger partial charge < -0.3 is 10.4 Å². The number of carboxylic acid groups (broad SMARTS) is 1. The number of amides is 1. The zero-order chi connectivity index (χ0) is 13.0. The Labute approximate surface area is 105 Å². The second-order valence-electron chi connectivity index (χ2n) is 4.62. The van der Waals surface area contributed by atoms with Crippen molar-refractivity contribution in [1.29, 1.82) is 0 Å². The Bertz CT molecular complexity index is 438. The quantitative estimate of drug-likeness (QED) is 0.838. The average Bonchev–Trinajstić information content (AvgIpc) is 2.27. The van der Waals surface area contributed by atoms with Crippen LogP contribution >= 0.6 is 0 Å². The van der Waals surface area contributed by atoms with Crippen molar-refractivity contribution >= 4 is 17.6 Å². The van der Waals surface area contributed by atoms with Crippen molar-refractivity contribution in [3.63, 3.8) is 0 Å². The monoisotopic (exact) mass is 248 g/mol. The number of carboxylic acids is 1. The molecule has 0 aromatic carbocycles. The van der Waals surface area contributed by atoms with Crippen molar-refractivity contribution in [2.75, 3.05) is 5.32 Å². The Kier molecular flexibility index (Phi) is 3.92. The Morgan fingerprint density at radius 3 is 2.67 bits per heavy atom. The average molecular weight is 248 g/mol. The number of aromatic carboxylic acids is 1. The van der Waals surface area contributed by atoms with Crippen molar-refractivity contribution < 1.29 is 14.7 Å². The first kappa shape index (κ1) is 12.5. The molecule has 5 heteroatoms. The van der Waals surface area contributed by atoms with Crippen LogP contribution < -0.4 is 5.32 Å². The summed E-state index contributed by atoms with van der Waals surface area (Å²) in [4.78, 5) is 26.0. The lowest BCUT2D eigenvalue weighted by Gasteiger charge is -2.24. The molecule has 1 amide bonds. The number of pyridine rings is 1. The van der Waals surface area contributed by atoms with E-state index in [1.807, 2.05) is 0 Å². The second-order valence-corrected chi connectivity index (χ2v) is 4.62. The third kappa shape index (κ3) is 3.29. The molecule has 0 saturated heterocycles. The molecule has 0 atom stereocenters. The smallest absolute Gasteiger partial charge is 0.354 e. The normalized spacial score (nSPS) is 14.9. The molecule has 18 heavy (non-hydrogen) atoms. The largest absolute Gasteiger partial charge is 0.477 e. The maximum atomic E-state index is 11.6. The minimum Gasteiger partial charge on any atom is -0.477 e. The summed E-state index contributed by atoms with van der Waals surface area (Å²) >= 11 is 0. The first-order valence-electron chi connectivity index (χ1n) is 6.14. The van der Waals surface area contributed by atoms with Gasteiger partial charge in [0.25, 0.3) is 0 Å². The van der Waals surface area contributed by atoms with Gasteiger partial charge >= 0.3 is 5.97 Å². The summed E-state index contributed by atoms with van der Waals surface area (Å²) in [5.74, 6) is -0.395. The molecule has 5 nitrogen and oxygen atoms in total. The molecule has 2 N–H and O–H groups in total. The number of nitrogens with one attached hydrogen (secondary N) is 1. The number of carbonyl (C=O) groups excluding carboxylic acids is 1. The van der Waals surface area contributed by atoms with Crippen molar-refractivity contribution in [1.82, 2.24) is 4.98 Å². The van der Waals surface area contributed by atoms with Crippen LogP contribution in [0.25, 0.3) is 0 Å². The van der Waals surface area contributed by atoms with Crippen LogP contribution in [0.4, 0.5) is 5.69 Å². The van der Waals surface area contributed by atoms with Gasteiger partial charge in [0.05, 0.1) is 11.9 Å². The fourth-order valence-corrected chi connectivity index (χ4v) is 1.93. The highest BCUT2D eigenvalue weighted by Crippen LogP contribution is 2.30. The SMILES string of the molecule is O=C(CCC1CCC1)Nc1ccc(C(=O)O)nc1. The topological polar surface area (TPSA) is 79.3 Å². The van der Waals surface area contributed by atoms with Gasteiger partial charge in [0, 0.05) is 6.42 Å². The maximum absolute atomic E-state index is 11.6. The first-order chi connectivity index (χ1) is 8.65. The van der Waals surface area contributed by atoms with Gasteiger partial charge in [0.2, 0.25) is 5.91 Å². The van der Waals surface area contributed by atoms with Gasteiger partial charge in [-0.25, -0.2) is 9.78 Å².